The summed E-state index contributed by atoms with van der Waals surface area (Å²) in [5, 5.41) is 2.85. The fraction of sp³-hybridized carbons (Fsp3) is 0. The van der Waals surface area contributed by atoms with Crippen LogP contribution in [0.4, 0.5) is 11.4 Å². The summed E-state index contributed by atoms with van der Waals surface area (Å²) in [4.78, 5) is 24.5. The van der Waals surface area contributed by atoms with Crippen LogP contribution in [0.5, 0.6) is 0 Å². The number of H-pyrrole nitrogens is 1. The van der Waals surface area contributed by atoms with Crippen LogP contribution in [0, 0.1) is 0 Å². The molecular formula is C19H14BrN5O. The molecule has 0 fully saturated rings. The normalized spacial score (nSPS) is 10.8. The minimum absolute atomic E-state index is 0.235. The number of amides is 1. The van der Waals surface area contributed by atoms with Gasteiger partial charge in [-0.3, -0.25) is 4.79 Å². The molecule has 2 heterocycles. The Hall–Kier alpha value is -3.19. The lowest BCUT2D eigenvalue weighted by atomic mass is 10.1. The van der Waals surface area contributed by atoms with Crippen LogP contribution in [0.25, 0.3) is 22.6 Å². The van der Waals surface area contributed by atoms with E-state index in [2.05, 4.69) is 36.2 Å². The molecule has 0 aliphatic carbocycles. The summed E-state index contributed by atoms with van der Waals surface area (Å²) in [5.41, 5.74) is 9.78. The molecule has 6 nitrogen and oxygen atoms in total. The number of hydrogen-bond donors (Lipinski definition) is 3. The summed E-state index contributed by atoms with van der Waals surface area (Å²) >= 11 is 3.38. The number of nitrogens with two attached hydrogens (primary N) is 1. The number of para-hydroxylation sites is 1. The van der Waals surface area contributed by atoms with E-state index in [4.69, 9.17) is 5.73 Å². The van der Waals surface area contributed by atoms with Crippen molar-refractivity contribution in [2.45, 2.75) is 0 Å². The van der Waals surface area contributed by atoms with E-state index < -0.39 is 0 Å². The van der Waals surface area contributed by atoms with Gasteiger partial charge in [-0.05, 0) is 52.3 Å². The molecule has 4 rings (SSSR count). The van der Waals surface area contributed by atoms with Crippen molar-refractivity contribution in [3.63, 3.8) is 0 Å². The van der Waals surface area contributed by atoms with Gasteiger partial charge >= 0.3 is 0 Å². The third kappa shape index (κ3) is 3.29. The third-order valence-electron chi connectivity index (χ3n) is 3.83. The lowest BCUT2D eigenvalue weighted by Crippen LogP contribution is -2.12. The largest absolute Gasteiger partial charge is 0.399 e. The van der Waals surface area contributed by atoms with Crippen molar-refractivity contribution < 1.29 is 4.79 Å². The van der Waals surface area contributed by atoms with Gasteiger partial charge in [-0.25, -0.2) is 9.97 Å². The lowest BCUT2D eigenvalue weighted by molar-refractivity contribution is 0.102. The number of fused-ring (bicyclic) bond motifs is 1. The first kappa shape index (κ1) is 16.3. The van der Waals surface area contributed by atoms with E-state index >= 15 is 0 Å². The number of nitrogens with zero attached hydrogens (tertiary/aromatic N) is 2. The van der Waals surface area contributed by atoms with Crippen LogP contribution < -0.4 is 11.1 Å². The van der Waals surface area contributed by atoms with Gasteiger partial charge < -0.3 is 16.0 Å². The molecule has 0 aliphatic heterocycles. The number of rotatable bonds is 3. The van der Waals surface area contributed by atoms with Gasteiger partial charge in [-0.1, -0.05) is 18.2 Å². The molecule has 0 radical (unpaired) electrons. The first-order valence-electron chi connectivity index (χ1n) is 7.87. The minimum Gasteiger partial charge on any atom is -0.399 e. The van der Waals surface area contributed by atoms with Crippen molar-refractivity contribution in [1.82, 2.24) is 15.0 Å². The number of nitrogen functional groups attached to an aromatic ring is 1. The maximum Gasteiger partial charge on any atom is 0.255 e. The second kappa shape index (κ2) is 6.61. The van der Waals surface area contributed by atoms with Gasteiger partial charge in [0.2, 0.25) is 0 Å². The Kier molecular flexibility index (Phi) is 4.14. The second-order valence-electron chi connectivity index (χ2n) is 5.77. The predicted molar refractivity (Wildman–Crippen MR) is 106 cm³/mol. The summed E-state index contributed by atoms with van der Waals surface area (Å²) in [6.07, 6.45) is 1.70. The van der Waals surface area contributed by atoms with E-state index in [-0.39, 0.29) is 5.91 Å². The molecule has 4 N–H and O–H groups in total. The van der Waals surface area contributed by atoms with Crippen molar-refractivity contribution in [3.8, 4) is 11.4 Å². The zero-order valence-electron chi connectivity index (χ0n) is 13.5. The van der Waals surface area contributed by atoms with E-state index in [1.807, 2.05) is 36.4 Å². The van der Waals surface area contributed by atoms with Gasteiger partial charge in [-0.2, -0.15) is 0 Å². The second-order valence-corrected chi connectivity index (χ2v) is 6.69. The van der Waals surface area contributed by atoms with E-state index in [0.29, 0.717) is 22.7 Å². The Balaban J connectivity index is 1.70. The Bertz CT molecular complexity index is 1110. The van der Waals surface area contributed by atoms with Gasteiger partial charge in [0.15, 0.2) is 5.65 Å². The smallest absolute Gasteiger partial charge is 0.255 e. The van der Waals surface area contributed by atoms with E-state index in [1.54, 1.807) is 24.4 Å². The van der Waals surface area contributed by atoms with E-state index in [1.165, 1.54) is 0 Å². The highest BCUT2D eigenvalue weighted by molar-refractivity contribution is 9.10. The quantitative estimate of drug-likeness (QED) is 0.442. The van der Waals surface area contributed by atoms with Crippen LogP contribution in [-0.2, 0) is 0 Å². The third-order valence-corrected chi connectivity index (χ3v) is 4.26. The highest BCUT2D eigenvalue weighted by atomic mass is 79.9. The molecule has 4 aromatic rings. The van der Waals surface area contributed by atoms with Gasteiger partial charge in [0.25, 0.3) is 5.91 Å². The highest BCUT2D eigenvalue weighted by Crippen LogP contribution is 2.25. The number of carbonyl (C=O) groups excluding carboxylic acids is 1. The van der Waals surface area contributed by atoms with Crippen molar-refractivity contribution in [2.24, 2.45) is 0 Å². The van der Waals surface area contributed by atoms with Gasteiger partial charge in [-0.15, -0.1) is 0 Å². The molecule has 0 spiro atoms. The molecule has 2 aromatic carbocycles. The van der Waals surface area contributed by atoms with E-state index in [9.17, 15) is 4.79 Å². The van der Waals surface area contributed by atoms with Crippen molar-refractivity contribution >= 4 is 44.4 Å². The predicted octanol–water partition coefficient (Wildman–Crippen LogP) is 4.22. The number of anilines is 2. The monoisotopic (exact) mass is 407 g/mol. The number of nitrogens with one attached hydrogen (secondary N) is 2. The molecule has 128 valence electrons. The average Bonchev–Trinajstić information content (AvgIpc) is 3.05. The van der Waals surface area contributed by atoms with Crippen LogP contribution in [0.15, 0.2) is 65.3 Å². The molecule has 0 atom stereocenters. The first-order valence-corrected chi connectivity index (χ1v) is 8.66. The van der Waals surface area contributed by atoms with Crippen LogP contribution in [0.1, 0.15) is 10.4 Å². The molecule has 2 aromatic heterocycles. The van der Waals surface area contributed by atoms with Crippen LogP contribution in [-0.4, -0.2) is 20.9 Å². The first-order chi connectivity index (χ1) is 12.6. The van der Waals surface area contributed by atoms with Crippen molar-refractivity contribution in [1.29, 1.82) is 0 Å². The maximum absolute atomic E-state index is 12.6. The standard InChI is InChI=1S/C19H14BrN5O/c20-13-9-16-18(22-10-13)25-17(24-16)11-6-12(8-14(21)7-11)19(26)23-15-4-2-1-3-5-15/h1-10H,21H2,(H,23,26)(H,22,24,25). The maximum atomic E-state index is 12.6. The highest BCUT2D eigenvalue weighted by Gasteiger charge is 2.12. The van der Waals surface area contributed by atoms with Crippen molar-refractivity contribution in [2.75, 3.05) is 11.1 Å². The molecular weight excluding hydrogens is 394 g/mol. The lowest BCUT2D eigenvalue weighted by Gasteiger charge is -2.07. The zero-order valence-corrected chi connectivity index (χ0v) is 15.1. The molecule has 0 unspecified atom stereocenters. The fourth-order valence-corrected chi connectivity index (χ4v) is 2.97. The van der Waals surface area contributed by atoms with Crippen LogP contribution >= 0.6 is 15.9 Å². The Morgan fingerprint density at radius 1 is 1.12 bits per heavy atom. The van der Waals surface area contributed by atoms with Gasteiger partial charge in [0.05, 0.1) is 0 Å². The Morgan fingerprint density at radius 2 is 1.92 bits per heavy atom. The fourth-order valence-electron chi connectivity index (χ4n) is 2.65. The number of imidazole rings is 1. The topological polar surface area (TPSA) is 96.7 Å². The molecule has 0 saturated carbocycles. The summed E-state index contributed by atoms with van der Waals surface area (Å²) in [7, 11) is 0. The summed E-state index contributed by atoms with van der Waals surface area (Å²) in [6.45, 7) is 0. The molecule has 0 aliphatic rings. The van der Waals surface area contributed by atoms with E-state index in [0.717, 1.165) is 21.2 Å². The molecule has 26 heavy (non-hydrogen) atoms. The average molecular weight is 408 g/mol. The molecule has 1 amide bonds. The van der Waals surface area contributed by atoms with Crippen molar-refractivity contribution in [3.05, 3.63) is 70.8 Å². The SMILES string of the molecule is Nc1cc(C(=O)Nc2ccccc2)cc(-c2nc3cc(Br)cnc3[nH]2)c1. The number of benzene rings is 2. The van der Waals surface area contributed by atoms with Crippen LogP contribution in [0.2, 0.25) is 0 Å². The van der Waals surface area contributed by atoms with Gasteiger partial charge in [0.1, 0.15) is 11.3 Å². The van der Waals surface area contributed by atoms with Gasteiger partial charge in [0, 0.05) is 33.2 Å². The number of pyridine rings is 1. The number of carbonyl (C=O) groups is 1. The Morgan fingerprint density at radius 3 is 2.73 bits per heavy atom. The minimum atomic E-state index is -0.235. The summed E-state index contributed by atoms with van der Waals surface area (Å²) in [6, 6.07) is 16.3. The summed E-state index contributed by atoms with van der Waals surface area (Å²) in [5.74, 6) is 0.369. The molecule has 0 bridgehead atoms. The number of aromatic nitrogens is 3. The summed E-state index contributed by atoms with van der Waals surface area (Å²) < 4.78 is 0.846. The molecule has 0 saturated heterocycles. The Labute approximate surface area is 157 Å². The number of aromatic amines is 1. The molecule has 7 heteroatoms. The zero-order chi connectivity index (χ0) is 18.1. The number of hydrogen-bond acceptors (Lipinski definition) is 4. The number of halogens is 1. The van der Waals surface area contributed by atoms with Crippen LogP contribution in [0.3, 0.4) is 0 Å².